The SMILES string of the molecule is Nc1c(N=Nc2cccc(F)c2)cc(S(=O)(=O)O)c2ccccc12.[H-].[Na+]. The summed E-state index contributed by atoms with van der Waals surface area (Å²) in [6, 6.07) is 13.0. The number of rotatable bonds is 3. The number of hydrogen-bond acceptors (Lipinski definition) is 5. The molecule has 0 aliphatic heterocycles. The quantitative estimate of drug-likeness (QED) is 0.315. The van der Waals surface area contributed by atoms with Crippen LogP contribution in [0.3, 0.4) is 0 Å². The molecule has 0 unspecified atom stereocenters. The Balaban J connectivity index is 0.00000169. The Morgan fingerprint density at radius 2 is 1.68 bits per heavy atom. The number of nitrogen functional groups attached to an aromatic ring is 1. The summed E-state index contributed by atoms with van der Waals surface area (Å²) in [6.45, 7) is 0. The molecule has 0 saturated heterocycles. The molecule has 0 aliphatic carbocycles. The molecule has 9 heteroatoms. The van der Waals surface area contributed by atoms with Gasteiger partial charge in [-0.15, -0.1) is 5.11 Å². The molecule has 0 fully saturated rings. The Bertz CT molecular complexity index is 1080. The topological polar surface area (TPSA) is 105 Å². The van der Waals surface area contributed by atoms with Crippen molar-refractivity contribution in [3.05, 3.63) is 60.4 Å². The third-order valence-corrected chi connectivity index (χ3v) is 4.28. The number of benzene rings is 3. The number of azo groups is 1. The van der Waals surface area contributed by atoms with Crippen LogP contribution in [-0.2, 0) is 10.1 Å². The van der Waals surface area contributed by atoms with Crippen LogP contribution in [0.2, 0.25) is 0 Å². The van der Waals surface area contributed by atoms with E-state index in [4.69, 9.17) is 5.73 Å². The number of nitrogens with zero attached hydrogens (tertiary/aromatic N) is 2. The Kier molecular flexibility index (Phi) is 5.91. The molecule has 124 valence electrons. The summed E-state index contributed by atoms with van der Waals surface area (Å²) in [6.07, 6.45) is 0. The summed E-state index contributed by atoms with van der Waals surface area (Å²) in [5.41, 5.74) is 6.53. The van der Waals surface area contributed by atoms with E-state index in [1.165, 1.54) is 30.3 Å². The molecular weight excluding hydrogens is 356 g/mol. The van der Waals surface area contributed by atoms with Crippen LogP contribution >= 0.6 is 0 Å². The van der Waals surface area contributed by atoms with Gasteiger partial charge in [-0.05, 0) is 18.2 Å². The third-order valence-electron chi connectivity index (χ3n) is 3.39. The van der Waals surface area contributed by atoms with Crippen LogP contribution in [0.4, 0.5) is 21.5 Å². The maximum atomic E-state index is 13.2. The number of nitrogens with two attached hydrogens (primary N) is 1. The average Bonchev–Trinajstić information content (AvgIpc) is 2.53. The van der Waals surface area contributed by atoms with Crippen molar-refractivity contribution in [3.8, 4) is 0 Å². The van der Waals surface area contributed by atoms with Gasteiger partial charge < -0.3 is 7.16 Å². The van der Waals surface area contributed by atoms with E-state index in [0.717, 1.165) is 6.07 Å². The number of halogens is 1. The Labute approximate surface area is 167 Å². The minimum atomic E-state index is -4.48. The van der Waals surface area contributed by atoms with Gasteiger partial charge in [0.2, 0.25) is 0 Å². The molecular formula is C16H13FN3NaO3S. The van der Waals surface area contributed by atoms with Crippen molar-refractivity contribution in [1.29, 1.82) is 0 Å². The summed E-state index contributed by atoms with van der Waals surface area (Å²) < 4.78 is 45.8. The van der Waals surface area contributed by atoms with Crippen LogP contribution in [0.5, 0.6) is 0 Å². The smallest absolute Gasteiger partial charge is 1.00 e. The van der Waals surface area contributed by atoms with E-state index in [0.29, 0.717) is 5.39 Å². The molecule has 0 saturated carbocycles. The summed E-state index contributed by atoms with van der Waals surface area (Å²) in [5.74, 6) is -0.475. The molecule has 25 heavy (non-hydrogen) atoms. The van der Waals surface area contributed by atoms with Crippen molar-refractivity contribution in [3.63, 3.8) is 0 Å². The second-order valence-corrected chi connectivity index (χ2v) is 6.40. The second kappa shape index (κ2) is 7.59. The van der Waals surface area contributed by atoms with E-state index in [1.807, 2.05) is 0 Å². The van der Waals surface area contributed by atoms with Crippen molar-refractivity contribution >= 4 is 38.0 Å². The normalized spacial score (nSPS) is 11.6. The van der Waals surface area contributed by atoms with E-state index in [1.54, 1.807) is 18.2 Å². The predicted octanol–water partition coefficient (Wildman–Crippen LogP) is 1.34. The zero-order valence-electron chi connectivity index (χ0n) is 14.2. The summed E-state index contributed by atoms with van der Waals surface area (Å²) in [4.78, 5) is -0.319. The van der Waals surface area contributed by atoms with Crippen LogP contribution in [0, 0.1) is 5.82 Å². The first-order valence-electron chi connectivity index (χ1n) is 6.82. The summed E-state index contributed by atoms with van der Waals surface area (Å²) >= 11 is 0. The number of fused-ring (bicyclic) bond motifs is 1. The zero-order chi connectivity index (χ0) is 17.3. The fourth-order valence-corrected chi connectivity index (χ4v) is 3.01. The van der Waals surface area contributed by atoms with Gasteiger partial charge in [0.1, 0.15) is 16.4 Å². The number of anilines is 1. The van der Waals surface area contributed by atoms with E-state index in [2.05, 4.69) is 10.2 Å². The molecule has 3 aromatic rings. The van der Waals surface area contributed by atoms with Gasteiger partial charge in [-0.2, -0.15) is 13.5 Å². The van der Waals surface area contributed by atoms with Crippen LogP contribution in [0.25, 0.3) is 10.8 Å². The van der Waals surface area contributed by atoms with Gasteiger partial charge >= 0.3 is 29.6 Å². The van der Waals surface area contributed by atoms with Crippen molar-refractivity contribution < 1.29 is 48.3 Å². The third kappa shape index (κ3) is 4.23. The van der Waals surface area contributed by atoms with Gasteiger partial charge in [-0.25, -0.2) is 4.39 Å². The molecule has 0 spiro atoms. The Hall–Kier alpha value is -1.84. The first kappa shape index (κ1) is 19.5. The van der Waals surface area contributed by atoms with Gasteiger partial charge in [0.15, 0.2) is 0 Å². The molecule has 0 heterocycles. The fourth-order valence-electron chi connectivity index (χ4n) is 2.30. The van der Waals surface area contributed by atoms with Crippen molar-refractivity contribution in [2.75, 3.05) is 5.73 Å². The van der Waals surface area contributed by atoms with Crippen LogP contribution < -0.4 is 35.3 Å². The molecule has 0 amide bonds. The molecule has 3 aromatic carbocycles. The summed E-state index contributed by atoms with van der Waals surface area (Å²) in [5, 5.41) is 8.45. The van der Waals surface area contributed by atoms with Gasteiger partial charge in [0, 0.05) is 16.8 Å². The van der Waals surface area contributed by atoms with Crippen molar-refractivity contribution in [2.45, 2.75) is 4.90 Å². The first-order chi connectivity index (χ1) is 11.4. The predicted molar refractivity (Wildman–Crippen MR) is 89.9 cm³/mol. The largest absolute Gasteiger partial charge is 1.00 e. The Morgan fingerprint density at radius 3 is 2.32 bits per heavy atom. The maximum Gasteiger partial charge on any atom is 1.00 e. The second-order valence-electron chi connectivity index (χ2n) is 5.01. The van der Waals surface area contributed by atoms with E-state index >= 15 is 0 Å². The molecule has 0 aromatic heterocycles. The monoisotopic (exact) mass is 369 g/mol. The van der Waals surface area contributed by atoms with E-state index < -0.39 is 15.9 Å². The number of hydrogen-bond donors (Lipinski definition) is 2. The van der Waals surface area contributed by atoms with Crippen molar-refractivity contribution in [2.24, 2.45) is 10.2 Å². The summed E-state index contributed by atoms with van der Waals surface area (Å²) in [7, 11) is -4.48. The zero-order valence-corrected chi connectivity index (χ0v) is 16.0. The van der Waals surface area contributed by atoms with Crippen LogP contribution in [0.1, 0.15) is 1.43 Å². The van der Waals surface area contributed by atoms with Crippen LogP contribution in [0.15, 0.2) is 69.7 Å². The first-order valence-corrected chi connectivity index (χ1v) is 8.26. The molecule has 0 radical (unpaired) electrons. The molecule has 0 aliphatic rings. The van der Waals surface area contributed by atoms with Gasteiger partial charge in [-0.1, -0.05) is 30.3 Å². The molecule has 6 nitrogen and oxygen atoms in total. The van der Waals surface area contributed by atoms with Gasteiger partial charge in [0.05, 0.1) is 11.4 Å². The minimum Gasteiger partial charge on any atom is -1.00 e. The molecule has 0 atom stereocenters. The fraction of sp³-hybridized carbons (Fsp3) is 0. The Morgan fingerprint density at radius 1 is 1.00 bits per heavy atom. The standard InChI is InChI=1S/C16H12FN3O3S.Na.H/c17-10-4-3-5-11(8-10)19-20-14-9-15(24(21,22)23)12-6-1-2-7-13(12)16(14)18;;/h1-9H,18H2,(H,21,22,23);;/q;+1;-1. The minimum absolute atomic E-state index is 0. The van der Waals surface area contributed by atoms with Crippen molar-refractivity contribution in [1.82, 2.24) is 0 Å². The molecule has 3 rings (SSSR count). The van der Waals surface area contributed by atoms with Gasteiger partial charge in [-0.3, -0.25) is 4.55 Å². The van der Waals surface area contributed by atoms with E-state index in [9.17, 15) is 17.4 Å². The maximum absolute atomic E-state index is 13.2. The average molecular weight is 369 g/mol. The molecule has 3 N–H and O–H groups in total. The van der Waals surface area contributed by atoms with Gasteiger partial charge in [0.25, 0.3) is 10.1 Å². The molecule has 0 bridgehead atoms. The van der Waals surface area contributed by atoms with E-state index in [-0.39, 0.29) is 58.3 Å². The van der Waals surface area contributed by atoms with Crippen LogP contribution in [-0.4, -0.2) is 13.0 Å².